The Kier molecular flexibility index (Phi) is 1.95. The van der Waals surface area contributed by atoms with E-state index in [2.05, 4.69) is 23.2 Å². The van der Waals surface area contributed by atoms with Gasteiger partial charge in [0.05, 0.1) is 23.2 Å². The van der Waals surface area contributed by atoms with Crippen LogP contribution in [0.15, 0.2) is 36.5 Å². The molecule has 4 atom stereocenters. The average molecular weight is 264 g/mol. The van der Waals surface area contributed by atoms with Crippen LogP contribution in [0, 0.1) is 17.8 Å². The zero-order valence-corrected chi connectivity index (χ0v) is 11.2. The summed E-state index contributed by atoms with van der Waals surface area (Å²) in [6.45, 7) is 0. The second-order valence-electron chi connectivity index (χ2n) is 6.41. The number of para-hydroxylation sites is 1. The first-order valence-corrected chi connectivity index (χ1v) is 7.51. The molecule has 2 aromatic rings. The molecule has 2 saturated carbocycles. The first-order chi connectivity index (χ1) is 9.84. The highest BCUT2D eigenvalue weighted by atomic mass is 16.2. The maximum Gasteiger partial charge on any atom is 0.232 e. The summed E-state index contributed by atoms with van der Waals surface area (Å²) in [5.74, 6) is 2.03. The van der Waals surface area contributed by atoms with Gasteiger partial charge in [-0.25, -0.2) is 0 Å². The number of amides is 1. The van der Waals surface area contributed by atoms with Gasteiger partial charge in [-0.1, -0.05) is 18.2 Å². The van der Waals surface area contributed by atoms with E-state index in [-0.39, 0.29) is 0 Å². The molecular weight excluding hydrogens is 248 g/mol. The minimum atomic E-state index is 0.313. The molecule has 3 nitrogen and oxygen atoms in total. The van der Waals surface area contributed by atoms with E-state index in [4.69, 9.17) is 0 Å². The molecule has 1 aliphatic heterocycles. The molecule has 1 saturated heterocycles. The SMILES string of the molecule is O=C1[C@@H]2C3CCC(C3)[C@@H]2N1c1cccc2cccnc12. The lowest BCUT2D eigenvalue weighted by Crippen LogP contribution is -2.63. The van der Waals surface area contributed by atoms with Crippen molar-refractivity contribution in [3.63, 3.8) is 0 Å². The molecule has 100 valence electrons. The zero-order chi connectivity index (χ0) is 13.3. The molecule has 1 aromatic heterocycles. The van der Waals surface area contributed by atoms with Crippen molar-refractivity contribution in [1.82, 2.24) is 4.98 Å². The van der Waals surface area contributed by atoms with Crippen LogP contribution in [0.25, 0.3) is 10.9 Å². The van der Waals surface area contributed by atoms with Gasteiger partial charge in [-0.3, -0.25) is 9.78 Å². The fraction of sp³-hybridized carbons (Fsp3) is 0.412. The van der Waals surface area contributed by atoms with E-state index in [9.17, 15) is 4.79 Å². The number of carbonyl (C=O) groups excluding carboxylic acids is 1. The van der Waals surface area contributed by atoms with Crippen molar-refractivity contribution < 1.29 is 4.79 Å². The van der Waals surface area contributed by atoms with Gasteiger partial charge in [0.2, 0.25) is 5.91 Å². The fourth-order valence-electron chi connectivity index (χ4n) is 4.77. The number of aromatic nitrogens is 1. The monoisotopic (exact) mass is 264 g/mol. The molecule has 0 spiro atoms. The Labute approximate surface area is 117 Å². The first kappa shape index (κ1) is 10.8. The maximum absolute atomic E-state index is 12.6. The quantitative estimate of drug-likeness (QED) is 0.742. The lowest BCUT2D eigenvalue weighted by Gasteiger charge is -2.49. The highest BCUT2D eigenvalue weighted by Gasteiger charge is 2.62. The van der Waals surface area contributed by atoms with E-state index in [1.807, 2.05) is 23.2 Å². The molecule has 3 aliphatic rings. The maximum atomic E-state index is 12.6. The number of hydrogen-bond donors (Lipinski definition) is 0. The third-order valence-corrected chi connectivity index (χ3v) is 5.56. The Hall–Kier alpha value is -1.90. The molecule has 2 unspecified atom stereocenters. The molecule has 20 heavy (non-hydrogen) atoms. The largest absolute Gasteiger partial charge is 0.306 e. The Morgan fingerprint density at radius 3 is 2.90 bits per heavy atom. The first-order valence-electron chi connectivity index (χ1n) is 7.51. The van der Waals surface area contributed by atoms with Gasteiger partial charge in [0.1, 0.15) is 0 Å². The third-order valence-electron chi connectivity index (χ3n) is 5.56. The van der Waals surface area contributed by atoms with E-state index in [0.29, 0.717) is 23.8 Å². The zero-order valence-electron chi connectivity index (χ0n) is 11.2. The fourth-order valence-corrected chi connectivity index (χ4v) is 4.77. The van der Waals surface area contributed by atoms with Crippen LogP contribution in [0.1, 0.15) is 19.3 Å². The van der Waals surface area contributed by atoms with Crippen LogP contribution < -0.4 is 4.90 Å². The van der Waals surface area contributed by atoms with Crippen molar-refractivity contribution in [2.75, 3.05) is 4.90 Å². The second kappa shape index (κ2) is 3.60. The molecule has 1 amide bonds. The third kappa shape index (κ3) is 1.17. The second-order valence-corrected chi connectivity index (χ2v) is 6.41. The van der Waals surface area contributed by atoms with Crippen LogP contribution in [-0.4, -0.2) is 16.9 Å². The number of pyridine rings is 1. The normalized spacial score (nSPS) is 34.4. The predicted molar refractivity (Wildman–Crippen MR) is 77.3 cm³/mol. The molecule has 3 heteroatoms. The van der Waals surface area contributed by atoms with Gasteiger partial charge in [-0.2, -0.15) is 0 Å². The van der Waals surface area contributed by atoms with Crippen LogP contribution >= 0.6 is 0 Å². The highest BCUT2D eigenvalue weighted by Crippen LogP contribution is 2.57. The van der Waals surface area contributed by atoms with Crippen LogP contribution in [0.5, 0.6) is 0 Å². The lowest BCUT2D eigenvalue weighted by atomic mass is 9.75. The summed E-state index contributed by atoms with van der Waals surface area (Å²) in [6, 6.07) is 10.6. The summed E-state index contributed by atoms with van der Waals surface area (Å²) in [5.41, 5.74) is 1.98. The number of nitrogens with zero attached hydrogens (tertiary/aromatic N) is 2. The van der Waals surface area contributed by atoms with Crippen LogP contribution in [-0.2, 0) is 4.79 Å². The molecule has 1 aromatic carbocycles. The van der Waals surface area contributed by atoms with Gasteiger partial charge in [0.25, 0.3) is 0 Å². The molecule has 2 heterocycles. The van der Waals surface area contributed by atoms with Gasteiger partial charge in [-0.15, -0.1) is 0 Å². The summed E-state index contributed by atoms with van der Waals surface area (Å²) < 4.78 is 0. The predicted octanol–water partition coefficient (Wildman–Crippen LogP) is 3.00. The number of hydrogen-bond acceptors (Lipinski definition) is 2. The van der Waals surface area contributed by atoms with Gasteiger partial charge in [-0.05, 0) is 43.2 Å². The molecule has 2 bridgehead atoms. The van der Waals surface area contributed by atoms with Crippen molar-refractivity contribution in [3.05, 3.63) is 36.5 Å². The average Bonchev–Trinajstić information content (AvgIpc) is 3.05. The topological polar surface area (TPSA) is 33.2 Å². The molecule has 5 rings (SSSR count). The number of β-lactam (4-membered cyclic amide) rings is 1. The van der Waals surface area contributed by atoms with Crippen molar-refractivity contribution in [2.24, 2.45) is 17.8 Å². The molecule has 2 aliphatic carbocycles. The number of anilines is 1. The van der Waals surface area contributed by atoms with Crippen molar-refractivity contribution >= 4 is 22.5 Å². The smallest absolute Gasteiger partial charge is 0.232 e. The summed E-state index contributed by atoms with van der Waals surface area (Å²) in [4.78, 5) is 19.1. The molecule has 0 radical (unpaired) electrons. The van der Waals surface area contributed by atoms with Gasteiger partial charge < -0.3 is 4.90 Å². The molecular formula is C17H16N2O. The van der Waals surface area contributed by atoms with E-state index >= 15 is 0 Å². The van der Waals surface area contributed by atoms with E-state index < -0.39 is 0 Å². The van der Waals surface area contributed by atoms with E-state index in [0.717, 1.165) is 22.5 Å². The van der Waals surface area contributed by atoms with Crippen molar-refractivity contribution in [2.45, 2.75) is 25.3 Å². The van der Waals surface area contributed by atoms with Crippen molar-refractivity contribution in [3.8, 4) is 0 Å². The minimum Gasteiger partial charge on any atom is -0.306 e. The van der Waals surface area contributed by atoms with Crippen LogP contribution in [0.2, 0.25) is 0 Å². The lowest BCUT2D eigenvalue weighted by molar-refractivity contribution is -0.132. The van der Waals surface area contributed by atoms with E-state index in [1.165, 1.54) is 19.3 Å². The minimum absolute atomic E-state index is 0.313. The van der Waals surface area contributed by atoms with Crippen LogP contribution in [0.4, 0.5) is 5.69 Å². The summed E-state index contributed by atoms with van der Waals surface area (Å²) in [5, 5.41) is 1.12. The molecule has 0 N–H and O–H groups in total. The number of carbonyl (C=O) groups is 1. The Bertz CT molecular complexity index is 721. The number of rotatable bonds is 1. The highest BCUT2D eigenvalue weighted by molar-refractivity contribution is 6.09. The number of fused-ring (bicyclic) bond motifs is 6. The van der Waals surface area contributed by atoms with Crippen LogP contribution in [0.3, 0.4) is 0 Å². The Balaban J connectivity index is 1.65. The van der Waals surface area contributed by atoms with Crippen molar-refractivity contribution in [1.29, 1.82) is 0 Å². The molecule has 3 fully saturated rings. The van der Waals surface area contributed by atoms with Gasteiger partial charge in [0, 0.05) is 11.6 Å². The summed E-state index contributed by atoms with van der Waals surface area (Å²) in [6.07, 6.45) is 5.64. The Morgan fingerprint density at radius 2 is 1.95 bits per heavy atom. The Morgan fingerprint density at radius 1 is 1.10 bits per heavy atom. The van der Waals surface area contributed by atoms with Gasteiger partial charge >= 0.3 is 0 Å². The summed E-state index contributed by atoms with van der Waals surface area (Å²) >= 11 is 0. The standard InChI is InChI=1S/C17H16N2O/c20-17-14-11-6-7-12(9-11)16(14)19(17)13-5-1-3-10-4-2-8-18-15(10)13/h1-5,8,11-12,14,16H,6-7,9H2/t11?,12?,14-,16+/m1/s1. The number of benzene rings is 1. The summed E-state index contributed by atoms with van der Waals surface area (Å²) in [7, 11) is 0. The van der Waals surface area contributed by atoms with Gasteiger partial charge in [0.15, 0.2) is 0 Å². The van der Waals surface area contributed by atoms with E-state index in [1.54, 1.807) is 0 Å².